The zero-order valence-electron chi connectivity index (χ0n) is 15.8. The van der Waals surface area contributed by atoms with Gasteiger partial charge in [-0.15, -0.1) is 0 Å². The van der Waals surface area contributed by atoms with Crippen LogP contribution in [0, 0.1) is 0 Å². The quantitative estimate of drug-likeness (QED) is 0.809. The lowest BCUT2D eigenvalue weighted by Crippen LogP contribution is -2.39. The molecule has 7 nitrogen and oxygen atoms in total. The average molecular weight is 366 g/mol. The van der Waals surface area contributed by atoms with Crippen molar-refractivity contribution < 1.29 is 4.79 Å². The second-order valence-corrected chi connectivity index (χ2v) is 7.51. The minimum atomic E-state index is 0.107. The van der Waals surface area contributed by atoms with Crippen LogP contribution in [0.4, 0.5) is 5.82 Å². The van der Waals surface area contributed by atoms with Crippen molar-refractivity contribution >= 4 is 11.7 Å². The first kappa shape index (κ1) is 17.8. The topological polar surface area (TPSA) is 75.1 Å². The number of hydrogen-bond donors (Lipinski definition) is 0. The van der Waals surface area contributed by atoms with Crippen LogP contribution in [-0.4, -0.2) is 49.9 Å². The van der Waals surface area contributed by atoms with Gasteiger partial charge >= 0.3 is 0 Å². The summed E-state index contributed by atoms with van der Waals surface area (Å²) >= 11 is 0. The van der Waals surface area contributed by atoms with E-state index in [1.54, 1.807) is 19.3 Å². The molecular formula is C20H26N6O. The summed E-state index contributed by atoms with van der Waals surface area (Å²) in [6, 6.07) is 2.24. The molecule has 1 aliphatic carbocycles. The maximum absolute atomic E-state index is 12.3. The van der Waals surface area contributed by atoms with Gasteiger partial charge in [0.05, 0.1) is 0 Å². The Labute approximate surface area is 159 Å². The number of anilines is 1. The molecule has 0 unspecified atom stereocenters. The van der Waals surface area contributed by atoms with Gasteiger partial charge in [-0.3, -0.25) is 4.79 Å². The molecule has 142 valence electrons. The third kappa shape index (κ3) is 4.40. The first-order chi connectivity index (χ1) is 13.2. The Kier molecular flexibility index (Phi) is 5.27. The summed E-state index contributed by atoms with van der Waals surface area (Å²) in [5.41, 5.74) is 0.971. The fourth-order valence-electron chi connectivity index (χ4n) is 3.80. The SMILES string of the molecule is CC(=O)N(Cc1cncnc1)[C@@H]1CCCN(c2ccnc(C3CC3)n2)CC1. The van der Waals surface area contributed by atoms with Crippen molar-refractivity contribution in [1.29, 1.82) is 0 Å². The molecule has 0 aromatic carbocycles. The second kappa shape index (κ2) is 7.98. The van der Waals surface area contributed by atoms with Gasteiger partial charge < -0.3 is 9.80 Å². The molecule has 0 bridgehead atoms. The maximum Gasteiger partial charge on any atom is 0.219 e. The van der Waals surface area contributed by atoms with Gasteiger partial charge in [-0.05, 0) is 38.2 Å². The standard InChI is InChI=1S/C20H26N6O/c1-15(27)26(13-16-11-21-14-22-12-16)18-3-2-9-25(10-7-18)19-6-8-23-20(24-19)17-4-5-17/h6,8,11-12,14,17-18H,2-5,7,9-10,13H2,1H3/t18-/m1/s1. The predicted molar refractivity (Wildman–Crippen MR) is 102 cm³/mol. The second-order valence-electron chi connectivity index (χ2n) is 7.51. The van der Waals surface area contributed by atoms with Gasteiger partial charge in [0.25, 0.3) is 0 Å². The molecule has 27 heavy (non-hydrogen) atoms. The van der Waals surface area contributed by atoms with Crippen molar-refractivity contribution in [3.8, 4) is 0 Å². The molecule has 1 amide bonds. The summed E-state index contributed by atoms with van der Waals surface area (Å²) in [7, 11) is 0. The van der Waals surface area contributed by atoms with E-state index in [2.05, 4.69) is 19.9 Å². The number of carbonyl (C=O) groups is 1. The van der Waals surface area contributed by atoms with Crippen LogP contribution in [0.25, 0.3) is 0 Å². The van der Waals surface area contributed by atoms with E-state index in [1.807, 2.05) is 17.2 Å². The average Bonchev–Trinajstić information content (AvgIpc) is 3.54. The Balaban J connectivity index is 1.43. The number of hydrogen-bond acceptors (Lipinski definition) is 6. The van der Waals surface area contributed by atoms with Gasteiger partial charge in [0.1, 0.15) is 18.0 Å². The highest BCUT2D eigenvalue weighted by Crippen LogP contribution is 2.38. The molecule has 7 heteroatoms. The molecule has 2 aliphatic rings. The van der Waals surface area contributed by atoms with Gasteiger partial charge in [0, 0.05) is 62.7 Å². The molecular weight excluding hydrogens is 340 g/mol. The highest BCUT2D eigenvalue weighted by atomic mass is 16.2. The van der Waals surface area contributed by atoms with Gasteiger partial charge in [0.2, 0.25) is 5.91 Å². The van der Waals surface area contributed by atoms with Crippen molar-refractivity contribution in [1.82, 2.24) is 24.8 Å². The van der Waals surface area contributed by atoms with Crippen LogP contribution in [0.5, 0.6) is 0 Å². The zero-order chi connectivity index (χ0) is 18.6. The summed E-state index contributed by atoms with van der Waals surface area (Å²) in [6.45, 7) is 4.09. The number of nitrogens with zero attached hydrogens (tertiary/aromatic N) is 6. The van der Waals surface area contributed by atoms with Crippen molar-refractivity contribution in [2.75, 3.05) is 18.0 Å². The molecule has 1 aliphatic heterocycles. The lowest BCUT2D eigenvalue weighted by molar-refractivity contribution is -0.132. The van der Waals surface area contributed by atoms with E-state index in [-0.39, 0.29) is 11.9 Å². The van der Waals surface area contributed by atoms with Crippen molar-refractivity contribution in [3.63, 3.8) is 0 Å². The van der Waals surface area contributed by atoms with Gasteiger partial charge in [-0.1, -0.05) is 0 Å². The van der Waals surface area contributed by atoms with E-state index < -0.39 is 0 Å². The van der Waals surface area contributed by atoms with Crippen LogP contribution in [-0.2, 0) is 11.3 Å². The van der Waals surface area contributed by atoms with Crippen LogP contribution in [0.3, 0.4) is 0 Å². The Bertz CT molecular complexity index is 779. The van der Waals surface area contributed by atoms with E-state index in [9.17, 15) is 4.79 Å². The van der Waals surface area contributed by atoms with E-state index >= 15 is 0 Å². The lowest BCUT2D eigenvalue weighted by Gasteiger charge is -2.30. The predicted octanol–water partition coefficient (Wildman–Crippen LogP) is 2.55. The molecule has 1 saturated heterocycles. The monoisotopic (exact) mass is 366 g/mol. The number of rotatable bonds is 5. The Morgan fingerprint density at radius 3 is 2.74 bits per heavy atom. The Hall–Kier alpha value is -2.57. The number of carbonyl (C=O) groups excluding carboxylic acids is 1. The van der Waals surface area contributed by atoms with Gasteiger partial charge in [-0.25, -0.2) is 19.9 Å². The Morgan fingerprint density at radius 1 is 1.19 bits per heavy atom. The van der Waals surface area contributed by atoms with Crippen LogP contribution >= 0.6 is 0 Å². The van der Waals surface area contributed by atoms with Crippen molar-refractivity contribution in [2.45, 2.75) is 57.5 Å². The van der Waals surface area contributed by atoms with Crippen LogP contribution < -0.4 is 4.90 Å². The van der Waals surface area contributed by atoms with E-state index in [1.165, 1.54) is 19.2 Å². The molecule has 4 rings (SSSR count). The first-order valence-electron chi connectivity index (χ1n) is 9.79. The third-order valence-corrected chi connectivity index (χ3v) is 5.44. The Morgan fingerprint density at radius 2 is 2.00 bits per heavy atom. The molecule has 0 spiro atoms. The van der Waals surface area contributed by atoms with Crippen LogP contribution in [0.2, 0.25) is 0 Å². The summed E-state index contributed by atoms with van der Waals surface area (Å²) in [5, 5.41) is 0. The number of aromatic nitrogens is 4. The van der Waals surface area contributed by atoms with Crippen LogP contribution in [0.15, 0.2) is 31.0 Å². The molecule has 2 aromatic rings. The molecule has 1 atom stereocenters. The van der Waals surface area contributed by atoms with E-state index in [0.29, 0.717) is 12.5 Å². The summed E-state index contributed by atoms with van der Waals surface area (Å²) < 4.78 is 0. The van der Waals surface area contributed by atoms with Gasteiger partial charge in [0.15, 0.2) is 0 Å². The van der Waals surface area contributed by atoms with Gasteiger partial charge in [-0.2, -0.15) is 0 Å². The molecule has 2 fully saturated rings. The van der Waals surface area contributed by atoms with E-state index in [4.69, 9.17) is 4.98 Å². The zero-order valence-corrected chi connectivity index (χ0v) is 15.8. The summed E-state index contributed by atoms with van der Waals surface area (Å²) in [5.74, 6) is 2.68. The summed E-state index contributed by atoms with van der Waals surface area (Å²) in [4.78, 5) is 34.0. The van der Waals surface area contributed by atoms with E-state index in [0.717, 1.165) is 49.6 Å². The molecule has 2 aromatic heterocycles. The fourth-order valence-corrected chi connectivity index (χ4v) is 3.80. The first-order valence-corrected chi connectivity index (χ1v) is 9.79. The highest BCUT2D eigenvalue weighted by Gasteiger charge is 2.28. The third-order valence-electron chi connectivity index (χ3n) is 5.44. The van der Waals surface area contributed by atoms with Crippen molar-refractivity contribution in [3.05, 3.63) is 42.4 Å². The number of amides is 1. The minimum Gasteiger partial charge on any atom is -0.356 e. The minimum absolute atomic E-state index is 0.107. The maximum atomic E-state index is 12.3. The molecule has 1 saturated carbocycles. The van der Waals surface area contributed by atoms with Crippen molar-refractivity contribution in [2.24, 2.45) is 0 Å². The molecule has 3 heterocycles. The largest absolute Gasteiger partial charge is 0.356 e. The summed E-state index contributed by atoms with van der Waals surface area (Å²) in [6.07, 6.45) is 12.4. The molecule has 0 radical (unpaired) electrons. The molecule has 0 N–H and O–H groups in total. The smallest absolute Gasteiger partial charge is 0.219 e. The normalized spacial score (nSPS) is 20.2. The van der Waals surface area contributed by atoms with Crippen LogP contribution in [0.1, 0.15) is 56.3 Å². The highest BCUT2D eigenvalue weighted by molar-refractivity contribution is 5.73. The fraction of sp³-hybridized carbons (Fsp3) is 0.550. The lowest BCUT2D eigenvalue weighted by atomic mass is 10.1.